The molecule has 1 saturated heterocycles. The first-order valence-corrected chi connectivity index (χ1v) is 7.94. The lowest BCUT2D eigenvalue weighted by molar-refractivity contribution is -0.143. The number of hydrogen-bond donors (Lipinski definition) is 2. The van der Waals surface area contributed by atoms with Crippen molar-refractivity contribution >= 4 is 17.6 Å². The molecule has 150 valence electrons. The van der Waals surface area contributed by atoms with Crippen LogP contribution in [0, 0.1) is 0 Å². The Kier molecular flexibility index (Phi) is 5.62. The first-order valence-electron chi connectivity index (χ1n) is 7.94. The van der Waals surface area contributed by atoms with E-state index in [4.69, 9.17) is 0 Å². The Bertz CT molecular complexity index is 698. The molecule has 1 heterocycles. The van der Waals surface area contributed by atoms with E-state index >= 15 is 0 Å². The van der Waals surface area contributed by atoms with Crippen molar-refractivity contribution in [1.82, 2.24) is 10.2 Å². The largest absolute Gasteiger partial charge is 0.416 e. The van der Waals surface area contributed by atoms with Gasteiger partial charge < -0.3 is 15.5 Å². The van der Waals surface area contributed by atoms with Crippen LogP contribution in [0.25, 0.3) is 0 Å². The van der Waals surface area contributed by atoms with Crippen LogP contribution in [0.3, 0.4) is 0 Å². The number of carbonyl (C=O) groups excluding carboxylic acids is 2. The monoisotopic (exact) mass is 397 g/mol. The minimum atomic E-state index is -5.01. The van der Waals surface area contributed by atoms with Crippen molar-refractivity contribution < 1.29 is 35.9 Å². The van der Waals surface area contributed by atoms with Crippen molar-refractivity contribution in [3.05, 3.63) is 29.3 Å². The van der Waals surface area contributed by atoms with Crippen LogP contribution in [0.5, 0.6) is 0 Å². The molecule has 5 nitrogen and oxygen atoms in total. The Balaban J connectivity index is 2.14. The summed E-state index contributed by atoms with van der Waals surface area (Å²) in [6.07, 6.45) is -10.0. The van der Waals surface area contributed by atoms with Crippen LogP contribution in [-0.2, 0) is 17.1 Å². The Labute approximate surface area is 150 Å². The van der Waals surface area contributed by atoms with Gasteiger partial charge in [-0.1, -0.05) is 0 Å². The van der Waals surface area contributed by atoms with Crippen LogP contribution in [0.1, 0.15) is 31.4 Å². The molecule has 11 heteroatoms. The number of alkyl halides is 6. The summed E-state index contributed by atoms with van der Waals surface area (Å²) in [6, 6.07) is -0.882. The third-order valence-corrected chi connectivity index (χ3v) is 3.96. The summed E-state index contributed by atoms with van der Waals surface area (Å²) >= 11 is 0. The molecule has 0 radical (unpaired) electrons. The minimum Gasteiger partial charge on any atom is -0.338 e. The lowest BCUT2D eigenvalue weighted by Gasteiger charge is -2.21. The number of benzene rings is 1. The maximum absolute atomic E-state index is 12.8. The fraction of sp³-hybridized carbons (Fsp3) is 0.500. The number of hydrogen-bond acceptors (Lipinski definition) is 2. The molecule has 1 aromatic carbocycles. The van der Waals surface area contributed by atoms with Crippen LogP contribution < -0.4 is 10.6 Å². The van der Waals surface area contributed by atoms with Gasteiger partial charge in [0.2, 0.25) is 5.91 Å². The molecule has 0 bridgehead atoms. The highest BCUT2D eigenvalue weighted by Gasteiger charge is 2.37. The molecular weight excluding hydrogens is 380 g/mol. The molecule has 1 aliphatic rings. The second-order valence-electron chi connectivity index (χ2n) is 6.43. The summed E-state index contributed by atoms with van der Waals surface area (Å²) in [5, 5.41) is 4.36. The zero-order valence-corrected chi connectivity index (χ0v) is 14.3. The van der Waals surface area contributed by atoms with E-state index in [2.05, 4.69) is 5.32 Å². The van der Waals surface area contributed by atoms with Gasteiger partial charge in [-0.05, 0) is 32.0 Å². The molecule has 1 atom stereocenters. The van der Waals surface area contributed by atoms with Crippen molar-refractivity contribution in [2.24, 2.45) is 0 Å². The summed E-state index contributed by atoms with van der Waals surface area (Å²) in [4.78, 5) is 25.3. The topological polar surface area (TPSA) is 61.4 Å². The first kappa shape index (κ1) is 20.8. The van der Waals surface area contributed by atoms with Gasteiger partial charge in [0, 0.05) is 24.7 Å². The van der Waals surface area contributed by atoms with Gasteiger partial charge in [0.15, 0.2) is 0 Å². The summed E-state index contributed by atoms with van der Waals surface area (Å²) in [6.45, 7) is 3.77. The molecule has 2 N–H and O–H groups in total. The van der Waals surface area contributed by atoms with Crippen LogP contribution in [0.15, 0.2) is 18.2 Å². The lowest BCUT2D eigenvalue weighted by Crippen LogP contribution is -2.40. The number of amides is 3. The van der Waals surface area contributed by atoms with Crippen LogP contribution in [0.2, 0.25) is 0 Å². The Morgan fingerprint density at radius 3 is 2.00 bits per heavy atom. The molecule has 3 amide bonds. The van der Waals surface area contributed by atoms with Crippen molar-refractivity contribution in [3.8, 4) is 0 Å². The fourth-order valence-electron chi connectivity index (χ4n) is 2.71. The smallest absolute Gasteiger partial charge is 0.338 e. The van der Waals surface area contributed by atoms with E-state index < -0.39 is 41.2 Å². The quantitative estimate of drug-likeness (QED) is 0.761. The number of nitrogens with zero attached hydrogens (tertiary/aromatic N) is 1. The van der Waals surface area contributed by atoms with Gasteiger partial charge in [0.05, 0.1) is 17.2 Å². The van der Waals surface area contributed by atoms with Crippen LogP contribution >= 0.6 is 0 Å². The average Bonchev–Trinajstić information content (AvgIpc) is 2.85. The number of halogens is 6. The molecule has 0 spiro atoms. The fourth-order valence-corrected chi connectivity index (χ4v) is 2.71. The maximum atomic E-state index is 12.8. The predicted octanol–water partition coefficient (Wildman–Crippen LogP) is 3.86. The number of urea groups is 1. The summed E-state index contributed by atoms with van der Waals surface area (Å²) in [5.41, 5.74) is -3.72. The number of carbonyl (C=O) groups is 2. The van der Waals surface area contributed by atoms with E-state index in [1.165, 1.54) is 4.90 Å². The van der Waals surface area contributed by atoms with Gasteiger partial charge in [0.25, 0.3) is 0 Å². The van der Waals surface area contributed by atoms with E-state index in [0.717, 1.165) is 0 Å². The van der Waals surface area contributed by atoms with Crippen molar-refractivity contribution in [3.63, 3.8) is 0 Å². The normalized spacial score (nSPS) is 18.2. The highest BCUT2D eigenvalue weighted by Crippen LogP contribution is 2.37. The van der Waals surface area contributed by atoms with Gasteiger partial charge in [-0.3, -0.25) is 4.79 Å². The van der Waals surface area contributed by atoms with Crippen LogP contribution in [-0.4, -0.2) is 35.5 Å². The molecule has 0 aromatic heterocycles. The van der Waals surface area contributed by atoms with Crippen molar-refractivity contribution in [2.45, 2.75) is 44.7 Å². The molecule has 0 aliphatic carbocycles. The van der Waals surface area contributed by atoms with Gasteiger partial charge in [-0.15, -0.1) is 0 Å². The minimum absolute atomic E-state index is 0.00198. The molecule has 1 unspecified atom stereocenters. The third kappa shape index (κ3) is 5.27. The van der Waals surface area contributed by atoms with Gasteiger partial charge in [0.1, 0.15) is 0 Å². The van der Waals surface area contributed by atoms with Crippen molar-refractivity contribution in [1.29, 1.82) is 0 Å². The van der Waals surface area contributed by atoms with Crippen LogP contribution in [0.4, 0.5) is 36.8 Å². The summed E-state index contributed by atoms with van der Waals surface area (Å²) < 4.78 is 76.9. The first-order chi connectivity index (χ1) is 12.3. The molecule has 0 saturated carbocycles. The predicted molar refractivity (Wildman–Crippen MR) is 83.9 cm³/mol. The molecule has 1 fully saturated rings. The molecule has 1 aliphatic heterocycles. The number of anilines is 1. The zero-order valence-electron chi connectivity index (χ0n) is 14.3. The Hall–Kier alpha value is -2.46. The van der Waals surface area contributed by atoms with E-state index in [1.54, 1.807) is 13.8 Å². The zero-order chi connectivity index (χ0) is 20.6. The standard InChI is InChI=1S/C16H17F6N3O2/c1-8(2)25-7-12(6-13(25)26)24-14(27)23-11-4-9(15(17,18)19)3-10(5-11)16(20,21)22/h3-5,8,12H,6-7H2,1-2H3,(H2,23,24,27). The second kappa shape index (κ2) is 7.28. The maximum Gasteiger partial charge on any atom is 0.416 e. The summed E-state index contributed by atoms with van der Waals surface area (Å²) in [5.74, 6) is -0.200. The number of nitrogens with one attached hydrogen (secondary N) is 2. The lowest BCUT2D eigenvalue weighted by atomic mass is 10.1. The summed E-state index contributed by atoms with van der Waals surface area (Å²) in [7, 11) is 0. The molecule has 1 aromatic rings. The number of rotatable bonds is 3. The third-order valence-electron chi connectivity index (χ3n) is 3.96. The van der Waals surface area contributed by atoms with E-state index in [0.29, 0.717) is 12.1 Å². The molecule has 27 heavy (non-hydrogen) atoms. The van der Waals surface area contributed by atoms with Gasteiger partial charge in [-0.2, -0.15) is 26.3 Å². The Morgan fingerprint density at radius 2 is 1.59 bits per heavy atom. The SMILES string of the molecule is CC(C)N1CC(NC(=O)Nc2cc(C(F)(F)F)cc(C(F)(F)F)c2)CC1=O. The Morgan fingerprint density at radius 1 is 1.07 bits per heavy atom. The van der Waals surface area contributed by atoms with E-state index in [1.807, 2.05) is 5.32 Å². The molecular formula is C16H17F6N3O2. The highest BCUT2D eigenvalue weighted by atomic mass is 19.4. The molecule has 2 rings (SSSR count). The highest BCUT2D eigenvalue weighted by molar-refractivity contribution is 5.90. The average molecular weight is 397 g/mol. The van der Waals surface area contributed by atoms with E-state index in [9.17, 15) is 35.9 Å². The van der Waals surface area contributed by atoms with Gasteiger partial charge >= 0.3 is 18.4 Å². The van der Waals surface area contributed by atoms with Crippen molar-refractivity contribution in [2.75, 3.05) is 11.9 Å². The van der Waals surface area contributed by atoms with E-state index in [-0.39, 0.29) is 31.0 Å². The second-order valence-corrected chi connectivity index (χ2v) is 6.43. The number of likely N-dealkylation sites (tertiary alicyclic amines) is 1. The van der Waals surface area contributed by atoms with Gasteiger partial charge in [-0.25, -0.2) is 4.79 Å².